The van der Waals surface area contributed by atoms with Gasteiger partial charge in [-0.05, 0) is 42.3 Å². The van der Waals surface area contributed by atoms with Gasteiger partial charge in [0, 0.05) is 28.5 Å². The lowest BCUT2D eigenvalue weighted by molar-refractivity contribution is -0.136. The molecule has 0 amide bonds. The van der Waals surface area contributed by atoms with E-state index in [4.69, 9.17) is 14.7 Å². The SMILES string of the molecule is COc1ccc2nc(-c3cccc(Br)c3)nc(N(CCC(=O)O)CCc3ccccc3)c2c1. The molecule has 3 aromatic carbocycles. The Morgan fingerprint density at radius 1 is 1.00 bits per heavy atom. The van der Waals surface area contributed by atoms with Gasteiger partial charge in [0.05, 0.1) is 19.0 Å². The van der Waals surface area contributed by atoms with Crippen LogP contribution in [0.25, 0.3) is 22.3 Å². The highest BCUT2D eigenvalue weighted by Crippen LogP contribution is 2.31. The Balaban J connectivity index is 1.82. The van der Waals surface area contributed by atoms with Gasteiger partial charge in [0.1, 0.15) is 11.6 Å². The van der Waals surface area contributed by atoms with E-state index in [0.717, 1.165) is 27.4 Å². The summed E-state index contributed by atoms with van der Waals surface area (Å²) in [4.78, 5) is 23.2. The lowest BCUT2D eigenvalue weighted by atomic mass is 10.1. The molecule has 6 nitrogen and oxygen atoms in total. The Morgan fingerprint density at radius 3 is 2.55 bits per heavy atom. The van der Waals surface area contributed by atoms with Crippen molar-refractivity contribution in [2.45, 2.75) is 12.8 Å². The third-order valence-corrected chi connectivity index (χ3v) is 5.87. The summed E-state index contributed by atoms with van der Waals surface area (Å²) < 4.78 is 6.38. The number of carboxylic acids is 1. The van der Waals surface area contributed by atoms with Crippen molar-refractivity contribution in [1.82, 2.24) is 9.97 Å². The van der Waals surface area contributed by atoms with Crippen LogP contribution in [-0.2, 0) is 11.2 Å². The highest BCUT2D eigenvalue weighted by atomic mass is 79.9. The van der Waals surface area contributed by atoms with Crippen LogP contribution in [0.2, 0.25) is 0 Å². The molecule has 4 rings (SSSR count). The molecule has 0 saturated heterocycles. The van der Waals surface area contributed by atoms with Crippen LogP contribution in [0, 0.1) is 0 Å². The van der Waals surface area contributed by atoms with Crippen LogP contribution in [0.1, 0.15) is 12.0 Å². The molecule has 7 heteroatoms. The van der Waals surface area contributed by atoms with Crippen molar-refractivity contribution in [3.63, 3.8) is 0 Å². The van der Waals surface area contributed by atoms with Crippen LogP contribution in [0.4, 0.5) is 5.82 Å². The largest absolute Gasteiger partial charge is 0.497 e. The highest BCUT2D eigenvalue weighted by Gasteiger charge is 2.18. The van der Waals surface area contributed by atoms with Crippen LogP contribution < -0.4 is 9.64 Å². The summed E-state index contributed by atoms with van der Waals surface area (Å²) in [6.45, 7) is 0.960. The van der Waals surface area contributed by atoms with E-state index >= 15 is 0 Å². The number of rotatable bonds is 9. The number of anilines is 1. The summed E-state index contributed by atoms with van der Waals surface area (Å²) in [5.74, 6) is 1.14. The summed E-state index contributed by atoms with van der Waals surface area (Å²) in [6.07, 6.45) is 0.776. The van der Waals surface area contributed by atoms with Crippen LogP contribution in [0.15, 0.2) is 77.3 Å². The minimum atomic E-state index is -0.845. The first-order valence-electron chi connectivity index (χ1n) is 10.7. The van der Waals surface area contributed by atoms with Gasteiger partial charge in [0.2, 0.25) is 0 Å². The molecular weight excluding hydrogens is 482 g/mol. The van der Waals surface area contributed by atoms with Gasteiger partial charge >= 0.3 is 5.97 Å². The third-order valence-electron chi connectivity index (χ3n) is 5.37. The Hall–Kier alpha value is -3.45. The topological polar surface area (TPSA) is 75.6 Å². The fraction of sp³-hybridized carbons (Fsp3) is 0.192. The van der Waals surface area contributed by atoms with Crippen molar-refractivity contribution in [3.8, 4) is 17.1 Å². The Kier molecular flexibility index (Phi) is 7.19. The number of halogens is 1. The Labute approximate surface area is 201 Å². The van der Waals surface area contributed by atoms with E-state index in [1.807, 2.05) is 65.6 Å². The van der Waals surface area contributed by atoms with Gasteiger partial charge in [-0.25, -0.2) is 9.97 Å². The van der Waals surface area contributed by atoms with Crippen LogP contribution in [-0.4, -0.2) is 41.2 Å². The minimum absolute atomic E-state index is 0.0104. The molecule has 0 aliphatic rings. The molecule has 1 heterocycles. The average Bonchev–Trinajstić information content (AvgIpc) is 2.83. The summed E-state index contributed by atoms with van der Waals surface area (Å²) in [6, 6.07) is 23.7. The maximum Gasteiger partial charge on any atom is 0.305 e. The van der Waals surface area contributed by atoms with E-state index in [0.29, 0.717) is 30.5 Å². The number of nitrogens with zero attached hydrogens (tertiary/aromatic N) is 3. The number of methoxy groups -OCH3 is 1. The minimum Gasteiger partial charge on any atom is -0.497 e. The number of carboxylic acid groups (broad SMARTS) is 1. The molecule has 0 spiro atoms. The standard InChI is InChI=1S/C26H24BrN3O3/c1-33-21-10-11-23-22(17-21)26(29-25(28-23)19-8-5-9-20(27)16-19)30(15-13-24(31)32)14-12-18-6-3-2-4-7-18/h2-11,16-17H,12-15H2,1H3,(H,31,32). The monoisotopic (exact) mass is 505 g/mol. The number of ether oxygens (including phenoxy) is 1. The number of carbonyl (C=O) groups is 1. The van der Waals surface area contributed by atoms with E-state index in [1.165, 1.54) is 5.56 Å². The third kappa shape index (κ3) is 5.68. The normalized spacial score (nSPS) is 10.8. The van der Waals surface area contributed by atoms with Gasteiger partial charge in [-0.2, -0.15) is 0 Å². The first-order chi connectivity index (χ1) is 16.0. The lowest BCUT2D eigenvalue weighted by Gasteiger charge is -2.25. The molecule has 0 saturated carbocycles. The second-order valence-electron chi connectivity index (χ2n) is 7.63. The first-order valence-corrected chi connectivity index (χ1v) is 11.4. The molecule has 0 aliphatic heterocycles. The predicted octanol–water partition coefficient (Wildman–Crippen LogP) is 5.59. The Morgan fingerprint density at radius 2 is 1.82 bits per heavy atom. The zero-order chi connectivity index (χ0) is 23.2. The zero-order valence-corrected chi connectivity index (χ0v) is 19.8. The van der Waals surface area contributed by atoms with Crippen LogP contribution in [0.3, 0.4) is 0 Å². The second kappa shape index (κ2) is 10.4. The molecule has 4 aromatic rings. The van der Waals surface area contributed by atoms with E-state index in [9.17, 15) is 9.90 Å². The quantitative estimate of drug-likeness (QED) is 0.319. The van der Waals surface area contributed by atoms with Crippen LogP contribution in [0.5, 0.6) is 5.75 Å². The zero-order valence-electron chi connectivity index (χ0n) is 18.2. The highest BCUT2D eigenvalue weighted by molar-refractivity contribution is 9.10. The van der Waals surface area contributed by atoms with Gasteiger partial charge in [0.15, 0.2) is 5.82 Å². The van der Waals surface area contributed by atoms with Gasteiger partial charge in [-0.1, -0.05) is 58.4 Å². The maximum absolute atomic E-state index is 11.4. The van der Waals surface area contributed by atoms with E-state index in [-0.39, 0.29) is 6.42 Å². The van der Waals surface area contributed by atoms with Crippen molar-refractivity contribution in [1.29, 1.82) is 0 Å². The van der Waals surface area contributed by atoms with Crippen molar-refractivity contribution in [2.75, 3.05) is 25.1 Å². The van der Waals surface area contributed by atoms with Crippen molar-refractivity contribution >= 4 is 38.6 Å². The number of fused-ring (bicyclic) bond motifs is 1. The lowest BCUT2D eigenvalue weighted by Crippen LogP contribution is -2.29. The van der Waals surface area contributed by atoms with Gasteiger partial charge in [-0.15, -0.1) is 0 Å². The Bertz CT molecular complexity index is 1260. The summed E-state index contributed by atoms with van der Waals surface area (Å²) in [5, 5.41) is 10.2. The second-order valence-corrected chi connectivity index (χ2v) is 8.55. The van der Waals surface area contributed by atoms with Gasteiger partial charge in [0.25, 0.3) is 0 Å². The number of aliphatic carboxylic acids is 1. The first kappa shape index (κ1) is 22.7. The predicted molar refractivity (Wildman–Crippen MR) is 134 cm³/mol. The van der Waals surface area contributed by atoms with E-state index in [1.54, 1.807) is 7.11 Å². The number of benzene rings is 3. The number of aromatic nitrogens is 2. The van der Waals surface area contributed by atoms with E-state index in [2.05, 4.69) is 28.1 Å². The van der Waals surface area contributed by atoms with Crippen molar-refractivity contribution in [3.05, 3.63) is 82.8 Å². The molecule has 0 aliphatic carbocycles. The van der Waals surface area contributed by atoms with Gasteiger partial charge < -0.3 is 14.7 Å². The average molecular weight is 506 g/mol. The van der Waals surface area contributed by atoms with E-state index < -0.39 is 5.97 Å². The van der Waals surface area contributed by atoms with Crippen molar-refractivity contribution in [2.24, 2.45) is 0 Å². The molecular formula is C26H24BrN3O3. The summed E-state index contributed by atoms with van der Waals surface area (Å²) >= 11 is 3.52. The fourth-order valence-electron chi connectivity index (χ4n) is 3.68. The molecule has 1 aromatic heterocycles. The van der Waals surface area contributed by atoms with Gasteiger partial charge in [-0.3, -0.25) is 4.79 Å². The molecule has 168 valence electrons. The molecule has 0 atom stereocenters. The maximum atomic E-state index is 11.4. The summed E-state index contributed by atoms with van der Waals surface area (Å²) in [5.41, 5.74) is 2.83. The van der Waals surface area contributed by atoms with Crippen molar-refractivity contribution < 1.29 is 14.6 Å². The molecule has 33 heavy (non-hydrogen) atoms. The van der Waals surface area contributed by atoms with Crippen LogP contribution >= 0.6 is 15.9 Å². The molecule has 1 N–H and O–H groups in total. The molecule has 0 radical (unpaired) electrons. The number of hydrogen-bond donors (Lipinski definition) is 1. The summed E-state index contributed by atoms with van der Waals surface area (Å²) in [7, 11) is 1.62. The molecule has 0 unspecified atom stereocenters. The fourth-order valence-corrected chi connectivity index (χ4v) is 4.08. The smallest absolute Gasteiger partial charge is 0.305 e. The molecule has 0 bridgehead atoms. The molecule has 0 fully saturated rings. The number of hydrogen-bond acceptors (Lipinski definition) is 5.